The van der Waals surface area contributed by atoms with Crippen LogP contribution in [0.25, 0.3) is 0 Å². The number of aromatic amines is 1. The van der Waals surface area contributed by atoms with Crippen LogP contribution in [0, 0.1) is 17.8 Å². The summed E-state index contributed by atoms with van der Waals surface area (Å²) in [6.45, 7) is 1.62. The molecule has 3 aliphatic rings. The standard InChI is InChI=1S/C23H30N4O6/c1-12(29)15-8-18(25-9-15)23(33)27-10-14-3-2-4-16(14)20(27)22(32)26-17(19(30)11-28)7-13-5-6-24-21(13)31/h8-9,13-14,16-17,20,25,28H,2-7,10-11H2,1H3,(H,24,31)(H,26,32)/t13-,14-,16-,17-,20-/m0/s1. The van der Waals surface area contributed by atoms with Gasteiger partial charge in [-0.1, -0.05) is 6.42 Å². The Morgan fingerprint density at radius 2 is 2.03 bits per heavy atom. The number of hydrogen-bond acceptors (Lipinski definition) is 6. The highest BCUT2D eigenvalue weighted by molar-refractivity contribution is 6.01. The van der Waals surface area contributed by atoms with Crippen LogP contribution in [0.3, 0.4) is 0 Å². The summed E-state index contributed by atoms with van der Waals surface area (Å²) < 4.78 is 0. The van der Waals surface area contributed by atoms with Crippen molar-refractivity contribution in [2.45, 2.75) is 51.1 Å². The van der Waals surface area contributed by atoms with E-state index in [1.165, 1.54) is 24.1 Å². The Morgan fingerprint density at radius 3 is 2.67 bits per heavy atom. The van der Waals surface area contributed by atoms with E-state index in [1.807, 2.05) is 0 Å². The summed E-state index contributed by atoms with van der Waals surface area (Å²) in [5, 5.41) is 14.9. The number of nitrogens with zero attached hydrogens (tertiary/aromatic N) is 1. The predicted octanol–water partition coefficient (Wildman–Crippen LogP) is 0.0304. The number of fused-ring (bicyclic) bond motifs is 1. The van der Waals surface area contributed by atoms with E-state index < -0.39 is 36.3 Å². The van der Waals surface area contributed by atoms with E-state index in [9.17, 15) is 29.1 Å². The minimum atomic E-state index is -0.997. The Bertz CT molecular complexity index is 972. The number of carbonyl (C=O) groups excluding carboxylic acids is 5. The fourth-order valence-corrected chi connectivity index (χ4v) is 5.52. The number of aliphatic hydroxyl groups is 1. The zero-order chi connectivity index (χ0) is 23.7. The first-order chi connectivity index (χ1) is 15.8. The SMILES string of the molecule is CC(=O)c1c[nH]c(C(=O)N2C[C@@H]3CCC[C@@H]3[C@H]2C(=O)N[C@@H](C[C@@H]2CCNC2=O)C(=O)CO)c1. The number of carbonyl (C=O) groups is 5. The summed E-state index contributed by atoms with van der Waals surface area (Å²) in [5.74, 6) is -1.93. The number of aromatic nitrogens is 1. The lowest BCUT2D eigenvalue weighted by Crippen LogP contribution is -2.53. The topological polar surface area (TPSA) is 149 Å². The average molecular weight is 459 g/mol. The number of Topliss-reactive ketones (excluding diaryl/α,β-unsaturated/α-hetero) is 2. The minimum absolute atomic E-state index is 0.0177. The molecule has 0 spiro atoms. The van der Waals surface area contributed by atoms with Crippen LogP contribution in [-0.2, 0) is 14.4 Å². The lowest BCUT2D eigenvalue weighted by molar-refractivity contribution is -0.133. The molecule has 2 aliphatic heterocycles. The molecule has 5 atom stereocenters. The van der Waals surface area contributed by atoms with Crippen molar-refractivity contribution < 1.29 is 29.1 Å². The van der Waals surface area contributed by atoms with Gasteiger partial charge < -0.3 is 25.6 Å². The first-order valence-electron chi connectivity index (χ1n) is 11.5. The van der Waals surface area contributed by atoms with Gasteiger partial charge in [-0.2, -0.15) is 0 Å². The zero-order valence-corrected chi connectivity index (χ0v) is 18.6. The summed E-state index contributed by atoms with van der Waals surface area (Å²) >= 11 is 0. The minimum Gasteiger partial charge on any atom is -0.389 e. The van der Waals surface area contributed by atoms with Crippen molar-refractivity contribution in [3.63, 3.8) is 0 Å². The third-order valence-corrected chi connectivity index (χ3v) is 7.28. The highest BCUT2D eigenvalue weighted by Gasteiger charge is 2.50. The van der Waals surface area contributed by atoms with E-state index in [0.717, 1.165) is 19.3 Å². The molecule has 1 aromatic rings. The van der Waals surface area contributed by atoms with Crippen molar-refractivity contribution in [1.29, 1.82) is 0 Å². The van der Waals surface area contributed by atoms with E-state index in [2.05, 4.69) is 15.6 Å². The van der Waals surface area contributed by atoms with Gasteiger partial charge in [0.2, 0.25) is 11.8 Å². The van der Waals surface area contributed by atoms with Gasteiger partial charge in [-0.05, 0) is 50.5 Å². The summed E-state index contributed by atoms with van der Waals surface area (Å²) in [6.07, 6.45) is 4.85. The van der Waals surface area contributed by atoms with E-state index in [0.29, 0.717) is 25.1 Å². The molecule has 1 aliphatic carbocycles. The number of ketones is 2. The maximum Gasteiger partial charge on any atom is 0.270 e. The summed E-state index contributed by atoms with van der Waals surface area (Å²) in [4.78, 5) is 67.0. The van der Waals surface area contributed by atoms with E-state index in [1.54, 1.807) is 0 Å². The Kier molecular flexibility index (Phi) is 6.64. The van der Waals surface area contributed by atoms with Gasteiger partial charge >= 0.3 is 0 Å². The van der Waals surface area contributed by atoms with Crippen LogP contribution in [-0.4, -0.2) is 76.1 Å². The van der Waals surface area contributed by atoms with Crippen LogP contribution in [0.1, 0.15) is 59.9 Å². The second-order valence-corrected chi connectivity index (χ2v) is 9.31. The van der Waals surface area contributed by atoms with Crippen LogP contribution >= 0.6 is 0 Å². The summed E-state index contributed by atoms with van der Waals surface area (Å²) in [6, 6.07) is -0.256. The second kappa shape index (κ2) is 9.46. The molecule has 1 saturated carbocycles. The monoisotopic (exact) mass is 458 g/mol. The van der Waals surface area contributed by atoms with Crippen molar-refractivity contribution in [3.8, 4) is 0 Å². The molecule has 33 heavy (non-hydrogen) atoms. The molecule has 0 aromatic carbocycles. The molecule has 0 bridgehead atoms. The number of likely N-dealkylation sites (tertiary alicyclic amines) is 1. The van der Waals surface area contributed by atoms with E-state index in [-0.39, 0.29) is 41.5 Å². The number of aliphatic hydroxyl groups excluding tert-OH is 1. The molecule has 3 heterocycles. The Balaban J connectivity index is 1.54. The molecule has 3 fully saturated rings. The molecule has 0 unspecified atom stereocenters. The number of rotatable bonds is 8. The Hall–Kier alpha value is -3.01. The first-order valence-corrected chi connectivity index (χ1v) is 11.5. The van der Waals surface area contributed by atoms with Crippen LogP contribution in [0.15, 0.2) is 12.3 Å². The first kappa shape index (κ1) is 23.2. The number of H-pyrrole nitrogens is 1. The van der Waals surface area contributed by atoms with Gasteiger partial charge in [0.25, 0.3) is 5.91 Å². The largest absolute Gasteiger partial charge is 0.389 e. The molecular weight excluding hydrogens is 428 g/mol. The second-order valence-electron chi connectivity index (χ2n) is 9.31. The lowest BCUT2D eigenvalue weighted by Gasteiger charge is -2.29. The molecule has 4 rings (SSSR count). The molecule has 4 N–H and O–H groups in total. The van der Waals surface area contributed by atoms with Gasteiger partial charge in [0, 0.05) is 30.8 Å². The van der Waals surface area contributed by atoms with Crippen LogP contribution < -0.4 is 10.6 Å². The van der Waals surface area contributed by atoms with Crippen LogP contribution in [0.2, 0.25) is 0 Å². The fraction of sp³-hybridized carbons (Fsp3) is 0.609. The van der Waals surface area contributed by atoms with E-state index in [4.69, 9.17) is 0 Å². The van der Waals surface area contributed by atoms with Crippen LogP contribution in [0.4, 0.5) is 0 Å². The lowest BCUT2D eigenvalue weighted by atomic mass is 9.92. The maximum atomic E-state index is 13.4. The number of amides is 3. The average Bonchev–Trinajstić information content (AvgIpc) is 3.56. The third kappa shape index (κ3) is 4.57. The molecule has 0 radical (unpaired) electrons. The van der Waals surface area contributed by atoms with Crippen molar-refractivity contribution >= 4 is 29.3 Å². The van der Waals surface area contributed by atoms with Gasteiger partial charge in [0.05, 0.1) is 6.04 Å². The van der Waals surface area contributed by atoms with Crippen molar-refractivity contribution in [1.82, 2.24) is 20.5 Å². The maximum absolute atomic E-state index is 13.4. The van der Waals surface area contributed by atoms with Gasteiger partial charge in [0.15, 0.2) is 11.6 Å². The fourth-order valence-electron chi connectivity index (χ4n) is 5.52. The van der Waals surface area contributed by atoms with Gasteiger partial charge in [0.1, 0.15) is 18.3 Å². The molecule has 178 valence electrons. The molecule has 1 aromatic heterocycles. The molecular formula is C23H30N4O6. The molecule has 10 nitrogen and oxygen atoms in total. The van der Waals surface area contributed by atoms with Crippen LogP contribution in [0.5, 0.6) is 0 Å². The summed E-state index contributed by atoms with van der Waals surface area (Å²) in [5.41, 5.74) is 0.630. The number of hydrogen-bond donors (Lipinski definition) is 4. The molecule has 3 amide bonds. The highest BCUT2D eigenvalue weighted by atomic mass is 16.3. The van der Waals surface area contributed by atoms with E-state index >= 15 is 0 Å². The zero-order valence-electron chi connectivity index (χ0n) is 18.6. The predicted molar refractivity (Wildman–Crippen MR) is 116 cm³/mol. The van der Waals surface area contributed by atoms with Gasteiger partial charge in [-0.25, -0.2) is 0 Å². The van der Waals surface area contributed by atoms with Crippen molar-refractivity contribution in [2.24, 2.45) is 17.8 Å². The number of nitrogens with one attached hydrogen (secondary N) is 3. The normalized spacial score (nSPS) is 27.2. The molecule has 2 saturated heterocycles. The quantitative estimate of drug-likeness (QED) is 0.404. The molecule has 10 heteroatoms. The van der Waals surface area contributed by atoms with Gasteiger partial charge in [-0.3, -0.25) is 24.0 Å². The highest BCUT2D eigenvalue weighted by Crippen LogP contribution is 2.42. The Morgan fingerprint density at radius 1 is 1.24 bits per heavy atom. The van der Waals surface area contributed by atoms with Crippen molar-refractivity contribution in [3.05, 3.63) is 23.5 Å². The Labute approximate surface area is 191 Å². The van der Waals surface area contributed by atoms with Crippen molar-refractivity contribution in [2.75, 3.05) is 19.7 Å². The summed E-state index contributed by atoms with van der Waals surface area (Å²) in [7, 11) is 0. The van der Waals surface area contributed by atoms with Gasteiger partial charge in [-0.15, -0.1) is 0 Å². The third-order valence-electron chi connectivity index (χ3n) is 7.28. The smallest absolute Gasteiger partial charge is 0.270 e.